The molecule has 0 bridgehead atoms. The molecule has 0 saturated heterocycles. The van der Waals surface area contributed by atoms with Crippen LogP contribution in [0.4, 0.5) is 18.9 Å². The minimum absolute atomic E-state index is 0.000260. The first-order chi connectivity index (χ1) is 14.1. The Morgan fingerprint density at radius 2 is 1.90 bits per heavy atom. The van der Waals surface area contributed by atoms with E-state index in [1.807, 2.05) is 6.92 Å². The zero-order valence-corrected chi connectivity index (χ0v) is 18.6. The first-order valence-corrected chi connectivity index (χ1v) is 10.9. The van der Waals surface area contributed by atoms with E-state index in [9.17, 15) is 17.2 Å². The number of halogens is 4. The maximum absolute atomic E-state index is 15.4. The number of sulfonamides is 1. The summed E-state index contributed by atoms with van der Waals surface area (Å²) in [5.41, 5.74) is -0.473. The zero-order chi connectivity index (χ0) is 22.2. The van der Waals surface area contributed by atoms with E-state index >= 15 is 4.39 Å². The van der Waals surface area contributed by atoms with E-state index in [0.717, 1.165) is 19.2 Å². The molecule has 0 aliphatic heterocycles. The van der Waals surface area contributed by atoms with Gasteiger partial charge >= 0.3 is 0 Å². The number of benzene rings is 2. The van der Waals surface area contributed by atoms with Crippen LogP contribution in [0.2, 0.25) is 0 Å². The Kier molecular flexibility index (Phi) is 6.25. The van der Waals surface area contributed by atoms with Crippen molar-refractivity contribution >= 4 is 31.6 Å². The van der Waals surface area contributed by atoms with Crippen molar-refractivity contribution in [2.24, 2.45) is 0 Å². The summed E-state index contributed by atoms with van der Waals surface area (Å²) in [6.45, 7) is 3.61. The largest absolute Gasteiger partial charge is 0.289 e. The molecule has 3 rings (SSSR count). The summed E-state index contributed by atoms with van der Waals surface area (Å²) in [6, 6.07) is 5.34. The van der Waals surface area contributed by atoms with Crippen molar-refractivity contribution in [3.63, 3.8) is 0 Å². The molecule has 0 unspecified atom stereocenters. The van der Waals surface area contributed by atoms with Gasteiger partial charge in [0.05, 0.1) is 11.6 Å². The van der Waals surface area contributed by atoms with Gasteiger partial charge in [0, 0.05) is 18.3 Å². The number of nitrogens with zero attached hydrogens (tertiary/aromatic N) is 3. The Labute approximate surface area is 180 Å². The second-order valence-corrected chi connectivity index (χ2v) is 8.85. The second-order valence-electron chi connectivity index (χ2n) is 6.27. The molecule has 0 amide bonds. The Bertz CT molecular complexity index is 1220. The third kappa shape index (κ3) is 3.84. The fourth-order valence-electron chi connectivity index (χ4n) is 2.88. The molecule has 0 saturated carbocycles. The molecule has 0 spiro atoms. The van der Waals surface area contributed by atoms with Gasteiger partial charge in [0.2, 0.25) is 0 Å². The van der Waals surface area contributed by atoms with Crippen molar-refractivity contribution in [3.05, 3.63) is 64.0 Å². The normalized spacial score (nSPS) is 11.7. The molecule has 3 aromatic rings. The third-order valence-corrected chi connectivity index (χ3v) is 6.53. The smallest absolute Gasteiger partial charge is 0.271 e. The maximum Gasteiger partial charge on any atom is 0.289 e. The van der Waals surface area contributed by atoms with Gasteiger partial charge in [-0.2, -0.15) is 13.5 Å². The fourth-order valence-corrected chi connectivity index (χ4v) is 4.84. The molecule has 30 heavy (non-hydrogen) atoms. The Balaban J connectivity index is 2.18. The summed E-state index contributed by atoms with van der Waals surface area (Å²) in [5, 5.41) is 4.25. The van der Waals surface area contributed by atoms with Crippen molar-refractivity contribution < 1.29 is 26.4 Å². The molecule has 0 radical (unpaired) electrons. The van der Waals surface area contributed by atoms with Crippen molar-refractivity contribution in [1.82, 2.24) is 9.78 Å². The molecular weight excluding hydrogens is 487 g/mol. The van der Waals surface area contributed by atoms with Crippen molar-refractivity contribution in [1.29, 1.82) is 0 Å². The standard InChI is InChI=1S/C19H17BrF3N3O3S/c1-4-25-10-14(20)19(24-25)13-6-5-7-15(18(13)23)26(29-3)30(27,28)16-9-12(21)8-11(2)17(16)22/h5-10H,4H2,1-3H3. The number of aryl methyl sites for hydroxylation is 2. The number of hydrogen-bond acceptors (Lipinski definition) is 4. The van der Waals surface area contributed by atoms with E-state index < -0.39 is 38.1 Å². The number of rotatable bonds is 6. The van der Waals surface area contributed by atoms with Crippen LogP contribution in [0.1, 0.15) is 12.5 Å². The van der Waals surface area contributed by atoms with Gasteiger partial charge in [-0.15, -0.1) is 4.47 Å². The molecule has 0 aliphatic rings. The van der Waals surface area contributed by atoms with Crippen LogP contribution in [-0.4, -0.2) is 25.3 Å². The van der Waals surface area contributed by atoms with Crippen LogP contribution in [0.5, 0.6) is 0 Å². The van der Waals surface area contributed by atoms with E-state index in [2.05, 4.69) is 21.0 Å². The van der Waals surface area contributed by atoms with Gasteiger partial charge in [-0.3, -0.25) is 9.52 Å². The molecule has 2 aromatic carbocycles. The molecule has 6 nitrogen and oxygen atoms in total. The highest BCUT2D eigenvalue weighted by molar-refractivity contribution is 9.10. The minimum atomic E-state index is -4.79. The lowest BCUT2D eigenvalue weighted by atomic mass is 10.1. The summed E-state index contributed by atoms with van der Waals surface area (Å²) in [4.78, 5) is 3.93. The Morgan fingerprint density at radius 3 is 2.50 bits per heavy atom. The molecule has 1 heterocycles. The second kappa shape index (κ2) is 8.40. The quantitative estimate of drug-likeness (QED) is 0.452. The van der Waals surface area contributed by atoms with Crippen LogP contribution < -0.4 is 4.47 Å². The van der Waals surface area contributed by atoms with Crippen LogP contribution in [-0.2, 0) is 21.4 Å². The molecular formula is C19H17BrF3N3O3S. The first-order valence-electron chi connectivity index (χ1n) is 8.68. The Morgan fingerprint density at radius 1 is 1.20 bits per heavy atom. The zero-order valence-electron chi connectivity index (χ0n) is 16.2. The van der Waals surface area contributed by atoms with Gasteiger partial charge in [0.15, 0.2) is 5.82 Å². The van der Waals surface area contributed by atoms with Gasteiger partial charge in [-0.25, -0.2) is 13.2 Å². The van der Waals surface area contributed by atoms with Gasteiger partial charge < -0.3 is 0 Å². The van der Waals surface area contributed by atoms with E-state index in [0.29, 0.717) is 17.1 Å². The summed E-state index contributed by atoms with van der Waals surface area (Å²) >= 11 is 3.30. The van der Waals surface area contributed by atoms with Gasteiger partial charge in [-0.05, 0) is 59.6 Å². The van der Waals surface area contributed by atoms with Crippen LogP contribution in [0, 0.1) is 24.4 Å². The minimum Gasteiger partial charge on any atom is -0.271 e. The molecule has 11 heteroatoms. The van der Waals surface area contributed by atoms with E-state index in [1.165, 1.54) is 19.1 Å². The average Bonchev–Trinajstić information content (AvgIpc) is 3.07. The SMILES string of the molecule is CCn1cc(Br)c(-c2cccc(N(OC)S(=O)(=O)c3cc(F)cc(C)c3F)c2F)n1. The predicted molar refractivity (Wildman–Crippen MR) is 109 cm³/mol. The highest BCUT2D eigenvalue weighted by Crippen LogP contribution is 2.36. The number of aromatic nitrogens is 2. The van der Waals surface area contributed by atoms with Crippen molar-refractivity contribution in [2.45, 2.75) is 25.3 Å². The maximum atomic E-state index is 15.4. The Hall–Kier alpha value is -2.37. The molecule has 0 aliphatic carbocycles. The highest BCUT2D eigenvalue weighted by atomic mass is 79.9. The predicted octanol–water partition coefficient (Wildman–Crippen LogP) is 4.81. The number of hydrogen-bond donors (Lipinski definition) is 0. The van der Waals surface area contributed by atoms with E-state index in [4.69, 9.17) is 4.84 Å². The van der Waals surface area contributed by atoms with Crippen LogP contribution in [0.3, 0.4) is 0 Å². The molecule has 0 fully saturated rings. The average molecular weight is 504 g/mol. The number of anilines is 1. The van der Waals surface area contributed by atoms with Crippen molar-refractivity contribution in [3.8, 4) is 11.3 Å². The lowest BCUT2D eigenvalue weighted by molar-refractivity contribution is 0.213. The first kappa shape index (κ1) is 22.3. The monoisotopic (exact) mass is 503 g/mol. The fraction of sp³-hybridized carbons (Fsp3) is 0.211. The lowest BCUT2D eigenvalue weighted by Gasteiger charge is -2.23. The highest BCUT2D eigenvalue weighted by Gasteiger charge is 2.33. The topological polar surface area (TPSA) is 64.4 Å². The van der Waals surface area contributed by atoms with Crippen LogP contribution >= 0.6 is 15.9 Å². The van der Waals surface area contributed by atoms with Crippen molar-refractivity contribution in [2.75, 3.05) is 11.6 Å². The molecule has 1 aromatic heterocycles. The van der Waals surface area contributed by atoms with Gasteiger partial charge in [0.1, 0.15) is 27.9 Å². The van der Waals surface area contributed by atoms with E-state index in [-0.39, 0.29) is 21.3 Å². The van der Waals surface area contributed by atoms with Gasteiger partial charge in [0.25, 0.3) is 10.0 Å². The summed E-state index contributed by atoms with van der Waals surface area (Å²) in [6.07, 6.45) is 1.65. The summed E-state index contributed by atoms with van der Waals surface area (Å²) in [5.74, 6) is -3.07. The van der Waals surface area contributed by atoms with Crippen LogP contribution in [0.15, 0.2) is 45.9 Å². The van der Waals surface area contributed by atoms with Gasteiger partial charge in [-0.1, -0.05) is 6.07 Å². The summed E-state index contributed by atoms with van der Waals surface area (Å²) in [7, 11) is -3.81. The van der Waals surface area contributed by atoms with E-state index in [1.54, 1.807) is 10.9 Å². The van der Waals surface area contributed by atoms with Crippen LogP contribution in [0.25, 0.3) is 11.3 Å². The molecule has 0 atom stereocenters. The third-order valence-electron chi connectivity index (χ3n) is 4.32. The summed E-state index contributed by atoms with van der Waals surface area (Å²) < 4.78 is 71.9. The lowest BCUT2D eigenvalue weighted by Crippen LogP contribution is -2.31. The molecule has 0 N–H and O–H groups in total. The molecule has 160 valence electrons.